The topological polar surface area (TPSA) is 108 Å². The van der Waals surface area contributed by atoms with Crippen molar-refractivity contribution in [3.63, 3.8) is 0 Å². The second-order valence-electron chi connectivity index (χ2n) is 6.99. The molecular formula is C16H33N4O4P3. The van der Waals surface area contributed by atoms with Gasteiger partial charge < -0.3 is 20.9 Å². The third-order valence-corrected chi connectivity index (χ3v) is 7.18. The third kappa shape index (κ3) is 7.69. The Morgan fingerprint density at radius 1 is 1.15 bits per heavy atom. The molecule has 0 spiro atoms. The summed E-state index contributed by atoms with van der Waals surface area (Å²) in [5.74, 6) is -2.63. The van der Waals surface area contributed by atoms with Gasteiger partial charge in [0, 0.05) is 13.1 Å². The van der Waals surface area contributed by atoms with Gasteiger partial charge in [-0.1, -0.05) is 6.92 Å². The van der Waals surface area contributed by atoms with Crippen molar-refractivity contribution in [1.82, 2.24) is 20.9 Å². The molecule has 3 unspecified atom stereocenters. The van der Waals surface area contributed by atoms with Crippen molar-refractivity contribution in [1.29, 1.82) is 0 Å². The van der Waals surface area contributed by atoms with E-state index in [4.69, 9.17) is 0 Å². The molecular weight excluding hydrogens is 405 g/mol. The number of rotatable bonds is 10. The number of carbonyl (C=O) groups excluding carboxylic acids is 4. The second-order valence-corrected chi connectivity index (χ2v) is 13.8. The summed E-state index contributed by atoms with van der Waals surface area (Å²) in [6.45, 7) is 8.21. The van der Waals surface area contributed by atoms with E-state index < -0.39 is 42.3 Å². The van der Waals surface area contributed by atoms with Crippen LogP contribution in [-0.4, -0.2) is 65.9 Å². The van der Waals surface area contributed by atoms with Gasteiger partial charge in [-0.25, -0.2) is 0 Å². The number of nitrogens with one attached hydrogen (secondary N) is 3. The van der Waals surface area contributed by atoms with Crippen LogP contribution in [0.5, 0.6) is 0 Å². The Balaban J connectivity index is 5.10. The van der Waals surface area contributed by atoms with Crippen molar-refractivity contribution in [2.24, 2.45) is 0 Å². The summed E-state index contributed by atoms with van der Waals surface area (Å²) in [6, 6.07) is -0.939. The predicted octanol–water partition coefficient (Wildman–Crippen LogP) is 0.819. The number of hydrogen-bond donors (Lipinski definition) is 3. The van der Waals surface area contributed by atoms with E-state index in [-0.39, 0.29) is 11.9 Å². The van der Waals surface area contributed by atoms with E-state index in [1.165, 1.54) is 25.8 Å². The van der Waals surface area contributed by atoms with Crippen molar-refractivity contribution in [3.05, 3.63) is 0 Å². The summed E-state index contributed by atoms with van der Waals surface area (Å²) in [4.78, 5) is 50.9. The molecule has 8 nitrogen and oxygen atoms in total. The maximum Gasteiger partial charge on any atom is 0.290 e. The lowest BCUT2D eigenvalue weighted by Gasteiger charge is -2.32. The highest BCUT2D eigenvalue weighted by atomic mass is 32.4. The molecule has 0 aliphatic rings. The van der Waals surface area contributed by atoms with Crippen LogP contribution in [0.25, 0.3) is 0 Å². The maximum atomic E-state index is 12.6. The lowest BCUT2D eigenvalue weighted by Crippen LogP contribution is -2.60. The molecule has 0 radical (unpaired) electrons. The van der Waals surface area contributed by atoms with Gasteiger partial charge in [-0.05, 0) is 48.5 Å². The molecule has 0 heterocycles. The molecule has 0 aliphatic carbocycles. The van der Waals surface area contributed by atoms with Gasteiger partial charge in [0.15, 0.2) is 0 Å². The standard InChI is InChI=1S/C16H33N4O4P3/c1-8-9(2)18-13(23)11(21)16(4,5)19-12(22)10(3)20(7)15(24)14(17-6)27(25)26/h9-10,14,17H,8,25-26H2,1-7H3,(H,18,23)(H,19,22)/t9?,10-,14-/m0/s1. The molecule has 0 aromatic rings. The predicted molar refractivity (Wildman–Crippen MR) is 117 cm³/mol. The highest BCUT2D eigenvalue weighted by Crippen LogP contribution is 2.56. The smallest absolute Gasteiger partial charge is 0.290 e. The van der Waals surface area contributed by atoms with Crippen molar-refractivity contribution >= 4 is 48.7 Å². The molecule has 0 saturated heterocycles. The molecule has 0 fully saturated rings. The average Bonchev–Trinajstić information content (AvgIpc) is 2.58. The number of hydrogen-bond acceptors (Lipinski definition) is 5. The minimum Gasteiger partial charge on any atom is -0.347 e. The van der Waals surface area contributed by atoms with Gasteiger partial charge in [0.25, 0.3) is 5.91 Å². The Morgan fingerprint density at radius 3 is 2.07 bits per heavy atom. The van der Waals surface area contributed by atoms with E-state index in [9.17, 15) is 19.2 Å². The first-order valence-electron chi connectivity index (χ1n) is 8.69. The average molecular weight is 438 g/mol. The van der Waals surface area contributed by atoms with Gasteiger partial charge in [-0.3, -0.25) is 19.2 Å². The Kier molecular flexibility index (Phi) is 11.1. The van der Waals surface area contributed by atoms with E-state index in [0.29, 0.717) is 6.42 Å². The van der Waals surface area contributed by atoms with E-state index in [1.807, 2.05) is 6.92 Å². The molecule has 11 heteroatoms. The number of Topliss-reactive ketones (excluding diaryl/α,β-unsaturated/α-hetero) is 1. The lowest BCUT2D eigenvalue weighted by molar-refractivity contribution is -0.144. The normalized spacial score (nSPS) is 14.9. The van der Waals surface area contributed by atoms with Gasteiger partial charge in [-0.15, -0.1) is 17.9 Å². The van der Waals surface area contributed by atoms with Gasteiger partial charge in [0.05, 0.1) is 0 Å². The van der Waals surface area contributed by atoms with Crippen LogP contribution in [-0.2, 0) is 19.2 Å². The van der Waals surface area contributed by atoms with E-state index >= 15 is 0 Å². The van der Waals surface area contributed by atoms with E-state index in [0.717, 1.165) is 0 Å². The van der Waals surface area contributed by atoms with E-state index in [1.54, 1.807) is 20.9 Å². The third-order valence-electron chi connectivity index (χ3n) is 4.31. The van der Waals surface area contributed by atoms with Crippen LogP contribution in [0, 0.1) is 0 Å². The Hall–Kier alpha value is -0.670. The second kappa shape index (κ2) is 11.4. The van der Waals surface area contributed by atoms with Crippen LogP contribution in [0.4, 0.5) is 0 Å². The molecule has 0 rings (SSSR count). The van der Waals surface area contributed by atoms with Crippen LogP contribution in [0.2, 0.25) is 0 Å². The number of likely N-dealkylation sites (N-methyl/N-ethyl adjacent to an activating group) is 2. The summed E-state index contributed by atoms with van der Waals surface area (Å²) in [6.07, 6.45) is 0.691. The molecule has 5 atom stereocenters. The van der Waals surface area contributed by atoms with Crippen molar-refractivity contribution in [2.75, 3.05) is 14.1 Å². The fourth-order valence-corrected chi connectivity index (χ4v) is 4.50. The van der Waals surface area contributed by atoms with Crippen molar-refractivity contribution in [3.8, 4) is 0 Å². The molecule has 0 saturated carbocycles. The first-order chi connectivity index (χ1) is 12.3. The minimum absolute atomic E-state index is 0.136. The highest BCUT2D eigenvalue weighted by Gasteiger charge is 2.37. The van der Waals surface area contributed by atoms with Gasteiger partial charge in [0.1, 0.15) is 17.4 Å². The summed E-state index contributed by atoms with van der Waals surface area (Å²) in [5.41, 5.74) is -1.39. The molecule has 0 aliphatic heterocycles. The highest BCUT2D eigenvalue weighted by molar-refractivity contribution is 8.43. The minimum atomic E-state index is -1.39. The number of ketones is 1. The summed E-state index contributed by atoms with van der Waals surface area (Å²) in [7, 11) is 7.65. The quantitative estimate of drug-likeness (QED) is 0.346. The number of carbonyl (C=O) groups is 4. The Labute approximate surface area is 167 Å². The summed E-state index contributed by atoms with van der Waals surface area (Å²) in [5, 5.41) is 8.12. The van der Waals surface area contributed by atoms with Crippen LogP contribution >= 0.6 is 25.2 Å². The Morgan fingerprint density at radius 2 is 1.67 bits per heavy atom. The van der Waals surface area contributed by atoms with Crippen LogP contribution in [0.1, 0.15) is 41.0 Å². The van der Waals surface area contributed by atoms with Gasteiger partial charge >= 0.3 is 0 Å². The molecule has 27 heavy (non-hydrogen) atoms. The zero-order valence-electron chi connectivity index (χ0n) is 17.1. The fraction of sp³-hybridized carbons (Fsp3) is 0.750. The molecule has 156 valence electrons. The van der Waals surface area contributed by atoms with Gasteiger partial charge in [0.2, 0.25) is 17.6 Å². The van der Waals surface area contributed by atoms with Gasteiger partial charge in [-0.2, -0.15) is 0 Å². The monoisotopic (exact) mass is 438 g/mol. The molecule has 0 aromatic carbocycles. The zero-order chi connectivity index (χ0) is 21.5. The first-order valence-corrected chi connectivity index (χ1v) is 13.3. The molecule has 3 N–H and O–H groups in total. The Bertz CT molecular complexity index is 572. The zero-order valence-corrected chi connectivity index (χ0v) is 20.3. The van der Waals surface area contributed by atoms with Crippen molar-refractivity contribution < 1.29 is 19.2 Å². The van der Waals surface area contributed by atoms with Crippen LogP contribution in [0.3, 0.4) is 0 Å². The largest absolute Gasteiger partial charge is 0.347 e. The SMILES string of the molecule is CCC(C)NC(=O)C(=O)C(C)(C)NC(=O)[C@H](C)N(C)C(=O)[C@@H](NC)P(P)P. The maximum absolute atomic E-state index is 12.6. The number of amides is 3. The van der Waals surface area contributed by atoms with E-state index in [2.05, 4.69) is 33.8 Å². The lowest BCUT2D eigenvalue weighted by atomic mass is 9.97. The molecule has 3 amide bonds. The summed E-state index contributed by atoms with van der Waals surface area (Å²) < 4.78 is 0. The summed E-state index contributed by atoms with van der Waals surface area (Å²) >= 11 is 0. The van der Waals surface area contributed by atoms with Crippen LogP contribution in [0.15, 0.2) is 0 Å². The molecule has 0 aromatic heterocycles. The van der Waals surface area contributed by atoms with Crippen molar-refractivity contribution in [2.45, 2.75) is 64.4 Å². The number of nitrogens with zero attached hydrogens (tertiary/aromatic N) is 1. The first kappa shape index (κ1) is 26.3. The molecule has 0 bridgehead atoms. The van der Waals surface area contributed by atoms with Crippen LogP contribution < -0.4 is 16.0 Å². The fourth-order valence-electron chi connectivity index (χ4n) is 2.10.